The molecular formula is C20H30ClN3O4. The maximum absolute atomic E-state index is 12.1. The lowest BCUT2D eigenvalue weighted by molar-refractivity contribution is -0.149. The second-order valence-corrected chi connectivity index (χ2v) is 6.89. The van der Waals surface area contributed by atoms with Crippen molar-refractivity contribution >= 4 is 23.5 Å². The van der Waals surface area contributed by atoms with Crippen LogP contribution in [0.15, 0.2) is 17.1 Å². The van der Waals surface area contributed by atoms with Crippen LogP contribution >= 0.6 is 11.6 Å². The van der Waals surface area contributed by atoms with Crippen LogP contribution in [0.3, 0.4) is 0 Å². The SMILES string of the molecule is CCOC(=O)C1CCCN(C(=NC)NCc2cc(Cl)c(OCC)c(OC)c2)C1. The summed E-state index contributed by atoms with van der Waals surface area (Å²) in [6, 6.07) is 3.75. The maximum atomic E-state index is 12.1. The number of methoxy groups -OCH3 is 1. The summed E-state index contributed by atoms with van der Waals surface area (Å²) < 4.78 is 16.1. The predicted octanol–water partition coefficient (Wildman–Crippen LogP) is 3.10. The number of likely N-dealkylation sites (tertiary alicyclic amines) is 1. The van der Waals surface area contributed by atoms with E-state index in [0.29, 0.717) is 42.8 Å². The van der Waals surface area contributed by atoms with Crippen molar-refractivity contribution in [1.29, 1.82) is 0 Å². The van der Waals surface area contributed by atoms with Crippen molar-refractivity contribution in [3.05, 3.63) is 22.7 Å². The molecule has 0 aliphatic carbocycles. The van der Waals surface area contributed by atoms with Crippen LogP contribution in [0.2, 0.25) is 5.02 Å². The van der Waals surface area contributed by atoms with Crippen LogP contribution in [0, 0.1) is 5.92 Å². The Hall–Kier alpha value is -2.15. The molecule has 1 unspecified atom stereocenters. The Kier molecular flexibility index (Phi) is 8.70. The molecule has 28 heavy (non-hydrogen) atoms. The summed E-state index contributed by atoms with van der Waals surface area (Å²) in [6.07, 6.45) is 1.77. The van der Waals surface area contributed by atoms with Crippen molar-refractivity contribution < 1.29 is 19.0 Å². The van der Waals surface area contributed by atoms with Gasteiger partial charge >= 0.3 is 5.97 Å². The number of carbonyl (C=O) groups is 1. The second kappa shape index (κ2) is 11.0. The molecule has 1 aliphatic heterocycles. The van der Waals surface area contributed by atoms with E-state index in [2.05, 4.69) is 15.2 Å². The molecule has 1 atom stereocenters. The highest BCUT2D eigenvalue weighted by atomic mass is 35.5. The van der Waals surface area contributed by atoms with Gasteiger partial charge < -0.3 is 24.4 Å². The van der Waals surface area contributed by atoms with E-state index >= 15 is 0 Å². The first kappa shape index (κ1) is 22.1. The summed E-state index contributed by atoms with van der Waals surface area (Å²) >= 11 is 6.35. The predicted molar refractivity (Wildman–Crippen MR) is 110 cm³/mol. The number of guanidine groups is 1. The van der Waals surface area contributed by atoms with E-state index in [9.17, 15) is 4.79 Å². The van der Waals surface area contributed by atoms with E-state index in [4.69, 9.17) is 25.8 Å². The molecule has 1 fully saturated rings. The first-order valence-electron chi connectivity index (χ1n) is 9.65. The Morgan fingerprint density at radius 1 is 1.36 bits per heavy atom. The van der Waals surface area contributed by atoms with Crippen LogP contribution in [0.1, 0.15) is 32.3 Å². The van der Waals surface area contributed by atoms with Gasteiger partial charge in [-0.3, -0.25) is 9.79 Å². The third-order valence-corrected chi connectivity index (χ3v) is 4.86. The number of rotatable bonds is 7. The standard InChI is InChI=1S/C20H30ClN3O4/c1-5-27-18-16(21)10-14(11-17(18)26-4)12-23-20(22-3)24-9-7-8-15(13-24)19(25)28-6-2/h10-11,15H,5-9,12-13H2,1-4H3,(H,22,23). The Morgan fingerprint density at radius 3 is 2.79 bits per heavy atom. The van der Waals surface area contributed by atoms with Crippen LogP contribution in [-0.2, 0) is 16.1 Å². The van der Waals surface area contributed by atoms with E-state index in [-0.39, 0.29) is 11.9 Å². The monoisotopic (exact) mass is 411 g/mol. The third-order valence-electron chi connectivity index (χ3n) is 4.58. The normalized spacial score (nSPS) is 17.2. The molecule has 0 saturated carbocycles. The smallest absolute Gasteiger partial charge is 0.310 e. The average molecular weight is 412 g/mol. The van der Waals surface area contributed by atoms with Gasteiger partial charge in [0.1, 0.15) is 0 Å². The summed E-state index contributed by atoms with van der Waals surface area (Å²) in [5.41, 5.74) is 0.949. The highest BCUT2D eigenvalue weighted by Crippen LogP contribution is 2.36. The number of halogens is 1. The Morgan fingerprint density at radius 2 is 2.14 bits per heavy atom. The number of carbonyl (C=O) groups excluding carboxylic acids is 1. The van der Waals surface area contributed by atoms with Crippen LogP contribution < -0.4 is 14.8 Å². The lowest BCUT2D eigenvalue weighted by atomic mass is 9.98. The lowest BCUT2D eigenvalue weighted by Crippen LogP contribution is -2.48. The fourth-order valence-electron chi connectivity index (χ4n) is 3.30. The molecule has 1 aliphatic rings. The van der Waals surface area contributed by atoms with Gasteiger partial charge in [0.05, 0.1) is 31.3 Å². The lowest BCUT2D eigenvalue weighted by Gasteiger charge is -2.34. The molecule has 0 spiro atoms. The zero-order chi connectivity index (χ0) is 20.5. The van der Waals surface area contributed by atoms with Crippen LogP contribution in [0.5, 0.6) is 11.5 Å². The van der Waals surface area contributed by atoms with E-state index in [1.807, 2.05) is 26.0 Å². The van der Waals surface area contributed by atoms with E-state index in [1.54, 1.807) is 14.2 Å². The molecule has 1 saturated heterocycles. The van der Waals surface area contributed by atoms with Crippen molar-refractivity contribution in [2.75, 3.05) is 40.5 Å². The van der Waals surface area contributed by atoms with Gasteiger partial charge in [0.15, 0.2) is 17.5 Å². The molecule has 2 rings (SSSR count). The van der Waals surface area contributed by atoms with Gasteiger partial charge in [0.25, 0.3) is 0 Å². The number of nitrogens with zero attached hydrogens (tertiary/aromatic N) is 2. The minimum Gasteiger partial charge on any atom is -0.493 e. The number of nitrogens with one attached hydrogen (secondary N) is 1. The molecule has 1 aromatic carbocycles. The number of ether oxygens (including phenoxy) is 3. The van der Waals surface area contributed by atoms with Gasteiger partial charge in [-0.1, -0.05) is 11.6 Å². The maximum Gasteiger partial charge on any atom is 0.310 e. The van der Waals surface area contributed by atoms with Crippen molar-refractivity contribution in [3.8, 4) is 11.5 Å². The molecule has 0 bridgehead atoms. The zero-order valence-electron chi connectivity index (χ0n) is 17.1. The largest absolute Gasteiger partial charge is 0.493 e. The van der Waals surface area contributed by atoms with Crippen molar-refractivity contribution in [2.45, 2.75) is 33.2 Å². The molecule has 0 aromatic heterocycles. The highest BCUT2D eigenvalue weighted by molar-refractivity contribution is 6.32. The fourth-order valence-corrected chi connectivity index (χ4v) is 3.58. The molecule has 1 aromatic rings. The van der Waals surface area contributed by atoms with Crippen molar-refractivity contribution in [2.24, 2.45) is 10.9 Å². The van der Waals surface area contributed by atoms with Crippen molar-refractivity contribution in [1.82, 2.24) is 10.2 Å². The van der Waals surface area contributed by atoms with Gasteiger partial charge in [-0.25, -0.2) is 0 Å². The van der Waals surface area contributed by atoms with Crippen LogP contribution in [0.25, 0.3) is 0 Å². The van der Waals surface area contributed by atoms with E-state index in [1.165, 1.54) is 0 Å². The number of esters is 1. The minimum atomic E-state index is -0.134. The molecule has 0 amide bonds. The first-order chi connectivity index (χ1) is 13.5. The number of aliphatic imine (C=N–C) groups is 1. The van der Waals surface area contributed by atoms with Crippen molar-refractivity contribution in [3.63, 3.8) is 0 Å². The van der Waals surface area contributed by atoms with Gasteiger partial charge in [-0.2, -0.15) is 0 Å². The fraction of sp³-hybridized carbons (Fsp3) is 0.600. The second-order valence-electron chi connectivity index (χ2n) is 6.48. The molecule has 7 nitrogen and oxygen atoms in total. The molecule has 1 heterocycles. The number of hydrogen-bond donors (Lipinski definition) is 1. The summed E-state index contributed by atoms with van der Waals surface area (Å²) in [4.78, 5) is 18.5. The Bertz CT molecular complexity index is 696. The van der Waals surface area contributed by atoms with E-state index < -0.39 is 0 Å². The van der Waals surface area contributed by atoms with Crippen LogP contribution in [-0.4, -0.2) is 57.3 Å². The average Bonchev–Trinajstić information content (AvgIpc) is 2.70. The summed E-state index contributed by atoms with van der Waals surface area (Å²) in [5.74, 6) is 1.64. The first-order valence-corrected chi connectivity index (χ1v) is 10.0. The molecule has 8 heteroatoms. The quantitative estimate of drug-likeness (QED) is 0.422. The number of benzene rings is 1. The van der Waals surface area contributed by atoms with Gasteiger partial charge in [0.2, 0.25) is 0 Å². The summed E-state index contributed by atoms with van der Waals surface area (Å²) in [7, 11) is 3.33. The topological polar surface area (TPSA) is 72.4 Å². The Labute approximate surface area is 172 Å². The van der Waals surface area contributed by atoms with Gasteiger partial charge in [-0.05, 0) is 44.4 Å². The van der Waals surface area contributed by atoms with Gasteiger partial charge in [0, 0.05) is 26.7 Å². The van der Waals surface area contributed by atoms with Gasteiger partial charge in [-0.15, -0.1) is 0 Å². The molecule has 1 N–H and O–H groups in total. The summed E-state index contributed by atoms with van der Waals surface area (Å²) in [5, 5.41) is 3.85. The molecule has 0 radical (unpaired) electrons. The van der Waals surface area contributed by atoms with E-state index in [0.717, 1.165) is 30.9 Å². The summed E-state index contributed by atoms with van der Waals surface area (Å²) in [6.45, 7) is 6.62. The third kappa shape index (κ3) is 5.67. The number of hydrogen-bond acceptors (Lipinski definition) is 5. The number of piperidine rings is 1. The minimum absolute atomic E-state index is 0.118. The molecular weight excluding hydrogens is 382 g/mol. The molecule has 156 valence electrons. The highest BCUT2D eigenvalue weighted by Gasteiger charge is 2.28. The van der Waals surface area contributed by atoms with Crippen LogP contribution in [0.4, 0.5) is 0 Å². The zero-order valence-corrected chi connectivity index (χ0v) is 17.8. The Balaban J connectivity index is 2.04.